The highest BCUT2D eigenvalue weighted by Crippen LogP contribution is 2.51. The molecule has 21 heavy (non-hydrogen) atoms. The van der Waals surface area contributed by atoms with E-state index in [2.05, 4.69) is 4.99 Å². The lowest BCUT2D eigenvalue weighted by Gasteiger charge is -2.33. The summed E-state index contributed by atoms with van der Waals surface area (Å²) in [5.41, 5.74) is 5.85. The van der Waals surface area contributed by atoms with Gasteiger partial charge in [0.25, 0.3) is 0 Å². The second kappa shape index (κ2) is 7.10. The van der Waals surface area contributed by atoms with Crippen molar-refractivity contribution in [1.82, 2.24) is 0 Å². The number of rotatable bonds is 5. The molecular weight excluding hydrogens is 264 g/mol. The minimum Gasteiger partial charge on any atom is -0.387 e. The van der Waals surface area contributed by atoms with Crippen molar-refractivity contribution in [3.05, 3.63) is 0 Å². The fourth-order valence-corrected chi connectivity index (χ4v) is 4.13. The van der Waals surface area contributed by atoms with E-state index in [-0.39, 0.29) is 6.29 Å². The van der Waals surface area contributed by atoms with Gasteiger partial charge in [0.05, 0.1) is 11.9 Å². The molecule has 1 unspecified atom stereocenters. The molecule has 0 bridgehead atoms. The van der Waals surface area contributed by atoms with Crippen LogP contribution in [0.15, 0.2) is 4.99 Å². The van der Waals surface area contributed by atoms with Gasteiger partial charge in [0.1, 0.15) is 0 Å². The number of nitrogens with zero attached hydrogens (tertiary/aromatic N) is 1. The summed E-state index contributed by atoms with van der Waals surface area (Å²) in [6.45, 7) is 0.879. The van der Waals surface area contributed by atoms with E-state index in [1.165, 1.54) is 44.9 Å². The number of hydrogen-bond donors (Lipinski definition) is 1. The number of ether oxygens (including phenoxy) is 2. The van der Waals surface area contributed by atoms with E-state index in [9.17, 15) is 0 Å². The van der Waals surface area contributed by atoms with Crippen LogP contribution >= 0.6 is 0 Å². The molecule has 3 aliphatic rings. The molecule has 0 amide bonds. The first-order valence-corrected chi connectivity index (χ1v) is 8.74. The third-order valence-electron chi connectivity index (χ3n) is 5.54. The van der Waals surface area contributed by atoms with Crippen molar-refractivity contribution in [3.8, 4) is 0 Å². The van der Waals surface area contributed by atoms with E-state index in [4.69, 9.17) is 15.2 Å². The van der Waals surface area contributed by atoms with E-state index in [1.54, 1.807) is 7.05 Å². The minimum absolute atomic E-state index is 0.0783. The zero-order chi connectivity index (χ0) is 14.7. The molecule has 0 spiro atoms. The van der Waals surface area contributed by atoms with Gasteiger partial charge in [-0.25, -0.2) is 0 Å². The van der Waals surface area contributed by atoms with Crippen LogP contribution in [0.1, 0.15) is 57.8 Å². The third kappa shape index (κ3) is 4.19. The van der Waals surface area contributed by atoms with Crippen LogP contribution in [-0.4, -0.2) is 31.9 Å². The first-order valence-electron chi connectivity index (χ1n) is 8.74. The molecule has 2 saturated carbocycles. The second-order valence-electron chi connectivity index (χ2n) is 7.05. The number of amidine groups is 1. The summed E-state index contributed by atoms with van der Waals surface area (Å²) in [5, 5.41) is 0. The Hall–Kier alpha value is -0.610. The minimum atomic E-state index is 0.0783. The predicted molar refractivity (Wildman–Crippen MR) is 84.2 cm³/mol. The van der Waals surface area contributed by atoms with Crippen LogP contribution in [0.4, 0.5) is 0 Å². The maximum absolute atomic E-state index is 6.13. The SMILES string of the molecule is CN=C(N)C[C@H]1C[C@H]1C1CCC(OC2CCCCO2)CC1. The molecule has 0 aromatic heterocycles. The number of nitrogens with two attached hydrogens (primary N) is 1. The molecule has 120 valence electrons. The Balaban J connectivity index is 1.36. The van der Waals surface area contributed by atoms with Gasteiger partial charge >= 0.3 is 0 Å². The lowest BCUT2D eigenvalue weighted by molar-refractivity contribution is -0.194. The van der Waals surface area contributed by atoms with Crippen molar-refractivity contribution in [3.63, 3.8) is 0 Å². The van der Waals surface area contributed by atoms with E-state index < -0.39 is 0 Å². The molecule has 2 aliphatic carbocycles. The lowest BCUT2D eigenvalue weighted by Crippen LogP contribution is -2.31. The van der Waals surface area contributed by atoms with Gasteiger partial charge < -0.3 is 15.2 Å². The Bertz CT molecular complexity index is 358. The third-order valence-corrected chi connectivity index (χ3v) is 5.54. The predicted octanol–water partition coefficient (Wildman–Crippen LogP) is 3.10. The van der Waals surface area contributed by atoms with Crippen LogP contribution < -0.4 is 5.73 Å². The van der Waals surface area contributed by atoms with Crippen LogP contribution in [0.3, 0.4) is 0 Å². The van der Waals surface area contributed by atoms with Crippen LogP contribution in [0.2, 0.25) is 0 Å². The van der Waals surface area contributed by atoms with Gasteiger partial charge in [-0.05, 0) is 69.1 Å². The van der Waals surface area contributed by atoms with E-state index in [1.807, 2.05) is 0 Å². The molecule has 3 atom stereocenters. The van der Waals surface area contributed by atoms with Gasteiger partial charge in [-0.2, -0.15) is 0 Å². The molecule has 3 fully saturated rings. The molecule has 0 aromatic carbocycles. The number of hydrogen-bond acceptors (Lipinski definition) is 3. The Labute approximate surface area is 128 Å². The zero-order valence-corrected chi connectivity index (χ0v) is 13.3. The van der Waals surface area contributed by atoms with Crippen molar-refractivity contribution in [2.75, 3.05) is 13.7 Å². The van der Waals surface area contributed by atoms with Gasteiger partial charge in [0, 0.05) is 20.1 Å². The Morgan fingerprint density at radius 2 is 2.00 bits per heavy atom. The summed E-state index contributed by atoms with van der Waals surface area (Å²) >= 11 is 0. The Kier molecular flexibility index (Phi) is 5.17. The average Bonchev–Trinajstić information content (AvgIpc) is 3.28. The molecule has 1 aliphatic heterocycles. The van der Waals surface area contributed by atoms with Gasteiger partial charge in [0.2, 0.25) is 0 Å². The normalized spacial score (nSPS) is 41.0. The molecule has 4 nitrogen and oxygen atoms in total. The largest absolute Gasteiger partial charge is 0.387 e. The highest BCUT2D eigenvalue weighted by atomic mass is 16.7. The van der Waals surface area contributed by atoms with Crippen molar-refractivity contribution in [1.29, 1.82) is 0 Å². The van der Waals surface area contributed by atoms with E-state index in [0.29, 0.717) is 6.10 Å². The maximum Gasteiger partial charge on any atom is 0.157 e. The van der Waals surface area contributed by atoms with E-state index in [0.717, 1.165) is 43.0 Å². The van der Waals surface area contributed by atoms with Crippen molar-refractivity contribution in [2.24, 2.45) is 28.5 Å². The second-order valence-corrected chi connectivity index (χ2v) is 7.05. The van der Waals surface area contributed by atoms with Gasteiger partial charge in [-0.15, -0.1) is 0 Å². The summed E-state index contributed by atoms with van der Waals surface area (Å²) in [6, 6.07) is 0. The molecule has 4 heteroatoms. The van der Waals surface area contributed by atoms with Gasteiger partial charge in [-0.3, -0.25) is 4.99 Å². The fourth-order valence-electron chi connectivity index (χ4n) is 4.13. The lowest BCUT2D eigenvalue weighted by atomic mass is 9.83. The van der Waals surface area contributed by atoms with Gasteiger partial charge in [-0.1, -0.05) is 0 Å². The summed E-state index contributed by atoms with van der Waals surface area (Å²) < 4.78 is 11.8. The number of aliphatic imine (C=N–C) groups is 1. The Morgan fingerprint density at radius 3 is 2.67 bits per heavy atom. The maximum atomic E-state index is 6.13. The standard InChI is InChI=1S/C17H30N2O2/c1-19-16(18)11-13-10-15(13)12-5-7-14(8-6-12)21-17-4-2-3-9-20-17/h12-15,17H,2-11H2,1H3,(H2,18,19)/t12?,13-,14?,15+,17?/m1/s1. The van der Waals surface area contributed by atoms with Crippen LogP contribution in [0.5, 0.6) is 0 Å². The average molecular weight is 294 g/mol. The highest BCUT2D eigenvalue weighted by Gasteiger charge is 2.44. The van der Waals surface area contributed by atoms with Crippen molar-refractivity contribution >= 4 is 5.84 Å². The summed E-state index contributed by atoms with van der Waals surface area (Å²) in [7, 11) is 1.79. The molecule has 3 rings (SSSR count). The summed E-state index contributed by atoms with van der Waals surface area (Å²) in [4.78, 5) is 4.09. The van der Waals surface area contributed by atoms with E-state index >= 15 is 0 Å². The highest BCUT2D eigenvalue weighted by molar-refractivity contribution is 5.80. The Morgan fingerprint density at radius 1 is 1.19 bits per heavy atom. The van der Waals surface area contributed by atoms with Crippen molar-refractivity contribution < 1.29 is 9.47 Å². The first-order chi connectivity index (χ1) is 10.3. The zero-order valence-electron chi connectivity index (χ0n) is 13.3. The molecule has 0 aromatic rings. The molecule has 0 radical (unpaired) electrons. The molecule has 1 heterocycles. The van der Waals surface area contributed by atoms with Crippen LogP contribution in [0, 0.1) is 17.8 Å². The smallest absolute Gasteiger partial charge is 0.157 e. The molecule has 1 saturated heterocycles. The van der Waals surface area contributed by atoms with Crippen LogP contribution in [-0.2, 0) is 9.47 Å². The van der Waals surface area contributed by atoms with Gasteiger partial charge in [0.15, 0.2) is 6.29 Å². The van der Waals surface area contributed by atoms with Crippen LogP contribution in [0.25, 0.3) is 0 Å². The summed E-state index contributed by atoms with van der Waals surface area (Å²) in [5.74, 6) is 3.43. The molecule has 2 N–H and O–H groups in total. The topological polar surface area (TPSA) is 56.8 Å². The first kappa shape index (κ1) is 15.3. The quantitative estimate of drug-likeness (QED) is 0.626. The molecular formula is C17H30N2O2. The van der Waals surface area contributed by atoms with Crippen molar-refractivity contribution in [2.45, 2.75) is 70.2 Å². The fraction of sp³-hybridized carbons (Fsp3) is 0.941. The monoisotopic (exact) mass is 294 g/mol. The summed E-state index contributed by atoms with van der Waals surface area (Å²) in [6.07, 6.45) is 11.5.